The molecule has 0 atom stereocenters. The molecule has 2 aromatic rings. The minimum absolute atomic E-state index is 0.0334. The van der Waals surface area contributed by atoms with Gasteiger partial charge in [-0.15, -0.1) is 0 Å². The fraction of sp³-hybridized carbons (Fsp3) is 0.440. The van der Waals surface area contributed by atoms with Crippen molar-refractivity contribution in [2.24, 2.45) is 0 Å². The van der Waals surface area contributed by atoms with Crippen molar-refractivity contribution in [3.8, 4) is 5.75 Å². The van der Waals surface area contributed by atoms with Gasteiger partial charge in [-0.3, -0.25) is 9.59 Å². The maximum atomic E-state index is 12.9. The third kappa shape index (κ3) is 6.48. The number of benzene rings is 2. The topological polar surface area (TPSA) is 53.1 Å². The van der Waals surface area contributed by atoms with E-state index in [1.165, 1.54) is 5.56 Å². The van der Waals surface area contributed by atoms with Gasteiger partial charge in [-0.05, 0) is 56.2 Å². The first kappa shape index (κ1) is 22.7. The summed E-state index contributed by atoms with van der Waals surface area (Å²) in [6, 6.07) is 15.6. The van der Waals surface area contributed by atoms with Crippen molar-refractivity contribution in [3.05, 3.63) is 59.7 Å². The molecular weight excluding hydrogens is 390 g/mol. The molecule has 6 heteroatoms. The van der Waals surface area contributed by atoms with Crippen LogP contribution in [0.2, 0.25) is 0 Å². The Morgan fingerprint density at radius 3 is 2.23 bits per heavy atom. The lowest BCUT2D eigenvalue weighted by Gasteiger charge is -2.22. The van der Waals surface area contributed by atoms with Gasteiger partial charge in [0.2, 0.25) is 5.91 Å². The largest absolute Gasteiger partial charge is 0.494 e. The average Bonchev–Trinajstić information content (AvgIpc) is 3.04. The highest BCUT2D eigenvalue weighted by Crippen LogP contribution is 2.16. The van der Waals surface area contributed by atoms with E-state index in [-0.39, 0.29) is 11.8 Å². The molecule has 31 heavy (non-hydrogen) atoms. The number of ether oxygens (including phenoxy) is 1. The first-order valence-corrected chi connectivity index (χ1v) is 11.0. The Labute approximate surface area is 185 Å². The van der Waals surface area contributed by atoms with E-state index in [9.17, 15) is 9.59 Å². The van der Waals surface area contributed by atoms with Crippen LogP contribution in [0.3, 0.4) is 0 Å². The minimum atomic E-state index is 0.0334. The summed E-state index contributed by atoms with van der Waals surface area (Å²) in [7, 11) is 3.96. The molecule has 1 fully saturated rings. The van der Waals surface area contributed by atoms with E-state index in [0.717, 1.165) is 17.9 Å². The van der Waals surface area contributed by atoms with E-state index in [1.54, 1.807) is 0 Å². The van der Waals surface area contributed by atoms with Gasteiger partial charge in [-0.1, -0.05) is 17.7 Å². The average molecular weight is 424 g/mol. The van der Waals surface area contributed by atoms with Crippen molar-refractivity contribution < 1.29 is 14.3 Å². The standard InChI is InChI=1S/C25H33N3O3/c1-20-7-13-23(14-8-20)31-19-4-6-24(29)27-15-5-16-28(18-17-27)25(30)21-9-11-22(12-10-21)26(2)3/h7-14H,4-6,15-19H2,1-3H3. The van der Waals surface area contributed by atoms with Crippen molar-refractivity contribution >= 4 is 17.5 Å². The predicted octanol–water partition coefficient (Wildman–Crippen LogP) is 3.59. The van der Waals surface area contributed by atoms with Crippen LogP contribution in [0.4, 0.5) is 5.69 Å². The quantitative estimate of drug-likeness (QED) is 0.639. The second kappa shape index (κ2) is 10.8. The molecular formula is C25H33N3O3. The van der Waals surface area contributed by atoms with Crippen molar-refractivity contribution in [1.82, 2.24) is 9.80 Å². The third-order valence-electron chi connectivity index (χ3n) is 5.59. The summed E-state index contributed by atoms with van der Waals surface area (Å²) >= 11 is 0. The molecule has 0 radical (unpaired) electrons. The van der Waals surface area contributed by atoms with Gasteiger partial charge < -0.3 is 19.4 Å². The lowest BCUT2D eigenvalue weighted by atomic mass is 10.1. The molecule has 0 bridgehead atoms. The van der Waals surface area contributed by atoms with Crippen LogP contribution < -0.4 is 9.64 Å². The third-order valence-corrected chi connectivity index (χ3v) is 5.59. The minimum Gasteiger partial charge on any atom is -0.494 e. The molecule has 0 aromatic heterocycles. The second-order valence-corrected chi connectivity index (χ2v) is 8.23. The first-order valence-electron chi connectivity index (χ1n) is 11.0. The molecule has 6 nitrogen and oxygen atoms in total. The van der Waals surface area contributed by atoms with Gasteiger partial charge in [0, 0.05) is 57.9 Å². The van der Waals surface area contributed by atoms with Gasteiger partial charge in [0.15, 0.2) is 0 Å². The summed E-state index contributed by atoms with van der Waals surface area (Å²) in [6.07, 6.45) is 1.95. The number of carbonyl (C=O) groups excluding carboxylic acids is 2. The highest BCUT2D eigenvalue weighted by molar-refractivity contribution is 5.94. The number of anilines is 1. The van der Waals surface area contributed by atoms with Crippen molar-refractivity contribution in [1.29, 1.82) is 0 Å². The molecule has 166 valence electrons. The molecule has 0 spiro atoms. The number of carbonyl (C=O) groups is 2. The van der Waals surface area contributed by atoms with Crippen LogP contribution in [-0.2, 0) is 4.79 Å². The SMILES string of the molecule is Cc1ccc(OCCCC(=O)N2CCCN(C(=O)c3ccc(N(C)C)cc3)CC2)cc1. The van der Waals surface area contributed by atoms with Crippen LogP contribution >= 0.6 is 0 Å². The van der Waals surface area contributed by atoms with Gasteiger partial charge in [0.05, 0.1) is 6.61 Å². The molecule has 1 aliphatic rings. The lowest BCUT2D eigenvalue weighted by Crippen LogP contribution is -2.37. The van der Waals surface area contributed by atoms with Crippen molar-refractivity contribution in [2.45, 2.75) is 26.2 Å². The highest BCUT2D eigenvalue weighted by Gasteiger charge is 2.22. The zero-order valence-electron chi connectivity index (χ0n) is 18.8. The van der Waals surface area contributed by atoms with E-state index in [0.29, 0.717) is 51.2 Å². The monoisotopic (exact) mass is 423 g/mol. The molecule has 0 saturated carbocycles. The van der Waals surface area contributed by atoms with Crippen LogP contribution in [0, 0.1) is 6.92 Å². The summed E-state index contributed by atoms with van der Waals surface area (Å²) in [4.78, 5) is 31.2. The molecule has 1 aliphatic heterocycles. The van der Waals surface area contributed by atoms with Crippen LogP contribution in [0.1, 0.15) is 35.2 Å². The normalized spacial score (nSPS) is 14.2. The number of hydrogen-bond acceptors (Lipinski definition) is 4. The Morgan fingerprint density at radius 1 is 0.903 bits per heavy atom. The summed E-state index contributed by atoms with van der Waals surface area (Å²) in [5.74, 6) is 1.00. The van der Waals surface area contributed by atoms with Crippen molar-refractivity contribution in [2.75, 3.05) is 51.8 Å². The molecule has 2 amide bonds. The van der Waals surface area contributed by atoms with Crippen LogP contribution in [-0.4, -0.2) is 68.5 Å². The predicted molar refractivity (Wildman–Crippen MR) is 124 cm³/mol. The number of amides is 2. The number of hydrogen-bond donors (Lipinski definition) is 0. The smallest absolute Gasteiger partial charge is 0.253 e. The van der Waals surface area contributed by atoms with Crippen LogP contribution in [0.5, 0.6) is 5.75 Å². The van der Waals surface area contributed by atoms with Gasteiger partial charge in [-0.2, -0.15) is 0 Å². The van der Waals surface area contributed by atoms with E-state index >= 15 is 0 Å². The zero-order chi connectivity index (χ0) is 22.2. The van der Waals surface area contributed by atoms with E-state index in [2.05, 4.69) is 0 Å². The van der Waals surface area contributed by atoms with Gasteiger partial charge >= 0.3 is 0 Å². The summed E-state index contributed by atoms with van der Waals surface area (Å²) in [6.45, 7) is 5.09. The van der Waals surface area contributed by atoms with Crippen LogP contribution in [0.15, 0.2) is 48.5 Å². The van der Waals surface area contributed by atoms with E-state index in [1.807, 2.05) is 84.2 Å². The van der Waals surface area contributed by atoms with E-state index < -0.39 is 0 Å². The molecule has 1 saturated heterocycles. The summed E-state index contributed by atoms with van der Waals surface area (Å²) in [5.41, 5.74) is 2.95. The maximum Gasteiger partial charge on any atom is 0.253 e. The molecule has 2 aromatic carbocycles. The van der Waals surface area contributed by atoms with Gasteiger partial charge in [0.25, 0.3) is 5.91 Å². The summed E-state index contributed by atoms with van der Waals surface area (Å²) in [5, 5.41) is 0. The second-order valence-electron chi connectivity index (χ2n) is 8.23. The fourth-order valence-electron chi connectivity index (χ4n) is 3.66. The molecule has 0 unspecified atom stereocenters. The Balaban J connectivity index is 1.43. The molecule has 0 aliphatic carbocycles. The Kier molecular flexibility index (Phi) is 7.93. The van der Waals surface area contributed by atoms with Gasteiger partial charge in [-0.25, -0.2) is 0 Å². The van der Waals surface area contributed by atoms with Crippen LogP contribution in [0.25, 0.3) is 0 Å². The molecule has 0 N–H and O–H groups in total. The fourth-order valence-corrected chi connectivity index (χ4v) is 3.66. The lowest BCUT2D eigenvalue weighted by molar-refractivity contribution is -0.131. The number of rotatable bonds is 7. The first-order chi connectivity index (χ1) is 14.9. The van der Waals surface area contributed by atoms with E-state index in [4.69, 9.17) is 4.74 Å². The zero-order valence-corrected chi connectivity index (χ0v) is 18.8. The number of nitrogens with zero attached hydrogens (tertiary/aromatic N) is 3. The Morgan fingerprint density at radius 2 is 1.55 bits per heavy atom. The molecule has 1 heterocycles. The van der Waals surface area contributed by atoms with Gasteiger partial charge in [0.1, 0.15) is 5.75 Å². The maximum absolute atomic E-state index is 12.9. The summed E-state index contributed by atoms with van der Waals surface area (Å²) < 4.78 is 5.72. The number of aryl methyl sites for hydroxylation is 1. The van der Waals surface area contributed by atoms with Crippen molar-refractivity contribution in [3.63, 3.8) is 0 Å². The molecule has 3 rings (SSSR count). The Hall–Kier alpha value is -3.02. The Bertz CT molecular complexity index is 863. The highest BCUT2D eigenvalue weighted by atomic mass is 16.5.